The lowest BCUT2D eigenvalue weighted by Crippen LogP contribution is -2.35. The molecule has 1 aromatic heterocycles. The van der Waals surface area contributed by atoms with Crippen LogP contribution in [-0.2, 0) is 0 Å². The van der Waals surface area contributed by atoms with Crippen LogP contribution < -0.4 is 10.6 Å². The zero-order valence-corrected chi connectivity index (χ0v) is 11.3. The van der Waals surface area contributed by atoms with E-state index in [2.05, 4.69) is 20.6 Å². The molecule has 0 amide bonds. The van der Waals surface area contributed by atoms with Crippen LogP contribution in [0.15, 0.2) is 30.5 Å². The van der Waals surface area contributed by atoms with Gasteiger partial charge in [-0.2, -0.15) is 0 Å². The van der Waals surface area contributed by atoms with Crippen molar-refractivity contribution in [3.63, 3.8) is 0 Å². The Balaban J connectivity index is 1.68. The standard InChI is InChI=1S/C15H20N4/c1-16-11-6-8-12(9-7-11)18-15-10-17-13-4-2-3-5-14(13)19-15/h2-5,10-12,16H,6-9H2,1H3,(H,18,19). The molecule has 4 heteroatoms. The van der Waals surface area contributed by atoms with Crippen molar-refractivity contribution in [3.05, 3.63) is 30.5 Å². The normalized spacial score (nSPS) is 23.4. The average molecular weight is 256 g/mol. The first kappa shape index (κ1) is 12.4. The molecule has 1 heterocycles. The number of benzene rings is 1. The molecule has 1 saturated carbocycles. The van der Waals surface area contributed by atoms with Gasteiger partial charge in [-0.05, 0) is 44.9 Å². The van der Waals surface area contributed by atoms with Crippen molar-refractivity contribution in [2.75, 3.05) is 12.4 Å². The number of anilines is 1. The first-order valence-electron chi connectivity index (χ1n) is 7.01. The summed E-state index contributed by atoms with van der Waals surface area (Å²) in [4.78, 5) is 9.06. The van der Waals surface area contributed by atoms with Crippen LogP contribution in [0, 0.1) is 0 Å². The van der Waals surface area contributed by atoms with Gasteiger partial charge in [-0.15, -0.1) is 0 Å². The van der Waals surface area contributed by atoms with Crippen LogP contribution in [0.4, 0.5) is 5.82 Å². The maximum absolute atomic E-state index is 4.62. The number of para-hydroxylation sites is 2. The Morgan fingerprint density at radius 2 is 1.68 bits per heavy atom. The van der Waals surface area contributed by atoms with Crippen molar-refractivity contribution >= 4 is 16.9 Å². The third kappa shape index (κ3) is 2.84. The molecule has 4 nitrogen and oxygen atoms in total. The molecule has 2 aromatic rings. The summed E-state index contributed by atoms with van der Waals surface area (Å²) in [5.74, 6) is 0.895. The average Bonchev–Trinajstić information content (AvgIpc) is 2.48. The minimum atomic E-state index is 0.528. The van der Waals surface area contributed by atoms with Crippen LogP contribution in [0.5, 0.6) is 0 Å². The van der Waals surface area contributed by atoms with Gasteiger partial charge in [-0.1, -0.05) is 12.1 Å². The van der Waals surface area contributed by atoms with Gasteiger partial charge in [0.05, 0.1) is 17.2 Å². The lowest BCUT2D eigenvalue weighted by atomic mass is 9.91. The summed E-state index contributed by atoms with van der Waals surface area (Å²) in [6, 6.07) is 9.19. The van der Waals surface area contributed by atoms with Gasteiger partial charge in [-0.25, -0.2) is 4.98 Å². The second-order valence-electron chi connectivity index (χ2n) is 5.23. The van der Waals surface area contributed by atoms with Crippen molar-refractivity contribution < 1.29 is 0 Å². The van der Waals surface area contributed by atoms with E-state index >= 15 is 0 Å². The van der Waals surface area contributed by atoms with Gasteiger partial charge in [0.25, 0.3) is 0 Å². The number of rotatable bonds is 3. The molecule has 0 atom stereocenters. The van der Waals surface area contributed by atoms with Gasteiger partial charge in [0.1, 0.15) is 5.82 Å². The van der Waals surface area contributed by atoms with Crippen molar-refractivity contribution in [2.24, 2.45) is 0 Å². The van der Waals surface area contributed by atoms with E-state index in [9.17, 15) is 0 Å². The largest absolute Gasteiger partial charge is 0.366 e. The molecule has 2 N–H and O–H groups in total. The zero-order valence-electron chi connectivity index (χ0n) is 11.3. The fraction of sp³-hybridized carbons (Fsp3) is 0.467. The minimum absolute atomic E-state index is 0.528. The third-order valence-electron chi connectivity index (χ3n) is 3.94. The third-order valence-corrected chi connectivity index (χ3v) is 3.94. The summed E-state index contributed by atoms with van der Waals surface area (Å²) in [6.07, 6.45) is 6.69. The fourth-order valence-electron chi connectivity index (χ4n) is 2.76. The first-order chi connectivity index (χ1) is 9.35. The first-order valence-corrected chi connectivity index (χ1v) is 7.01. The van der Waals surface area contributed by atoms with E-state index in [-0.39, 0.29) is 0 Å². The molecule has 0 bridgehead atoms. The SMILES string of the molecule is CNC1CCC(Nc2cnc3ccccc3n2)CC1. The molecule has 1 aliphatic carbocycles. The quantitative estimate of drug-likeness (QED) is 0.886. The summed E-state index contributed by atoms with van der Waals surface area (Å²) >= 11 is 0. The van der Waals surface area contributed by atoms with E-state index in [1.54, 1.807) is 0 Å². The summed E-state index contributed by atoms with van der Waals surface area (Å²) in [6.45, 7) is 0. The molecular weight excluding hydrogens is 236 g/mol. The predicted molar refractivity (Wildman–Crippen MR) is 78.3 cm³/mol. The van der Waals surface area contributed by atoms with Crippen LogP contribution in [0.3, 0.4) is 0 Å². The monoisotopic (exact) mass is 256 g/mol. The summed E-state index contributed by atoms with van der Waals surface area (Å²) in [7, 11) is 2.05. The Morgan fingerprint density at radius 3 is 2.42 bits per heavy atom. The lowest BCUT2D eigenvalue weighted by Gasteiger charge is -2.29. The maximum Gasteiger partial charge on any atom is 0.145 e. The molecule has 100 valence electrons. The van der Waals surface area contributed by atoms with Crippen LogP contribution in [0.25, 0.3) is 11.0 Å². The maximum atomic E-state index is 4.62. The molecule has 0 radical (unpaired) electrons. The highest BCUT2D eigenvalue weighted by Gasteiger charge is 2.19. The Bertz CT molecular complexity index is 547. The molecular formula is C15H20N4. The van der Waals surface area contributed by atoms with Crippen molar-refractivity contribution in [3.8, 4) is 0 Å². The molecule has 0 unspecified atom stereocenters. The summed E-state index contributed by atoms with van der Waals surface area (Å²) < 4.78 is 0. The van der Waals surface area contributed by atoms with Gasteiger partial charge in [0, 0.05) is 12.1 Å². The number of hydrogen-bond donors (Lipinski definition) is 2. The van der Waals surface area contributed by atoms with Gasteiger partial charge < -0.3 is 10.6 Å². The topological polar surface area (TPSA) is 49.8 Å². The predicted octanol–water partition coefficient (Wildman–Crippen LogP) is 2.57. The Morgan fingerprint density at radius 1 is 1.00 bits per heavy atom. The molecule has 3 rings (SSSR count). The van der Waals surface area contributed by atoms with E-state index in [0.717, 1.165) is 16.9 Å². The highest BCUT2D eigenvalue weighted by atomic mass is 15.0. The van der Waals surface area contributed by atoms with Crippen molar-refractivity contribution in [1.82, 2.24) is 15.3 Å². The molecule has 0 spiro atoms. The van der Waals surface area contributed by atoms with Crippen molar-refractivity contribution in [1.29, 1.82) is 0 Å². The van der Waals surface area contributed by atoms with Crippen LogP contribution >= 0.6 is 0 Å². The number of hydrogen-bond acceptors (Lipinski definition) is 4. The smallest absolute Gasteiger partial charge is 0.145 e. The second-order valence-corrected chi connectivity index (χ2v) is 5.23. The molecule has 0 aliphatic heterocycles. The number of aromatic nitrogens is 2. The number of nitrogens with zero attached hydrogens (tertiary/aromatic N) is 2. The van der Waals surface area contributed by atoms with Gasteiger partial charge in [-0.3, -0.25) is 4.98 Å². The Kier molecular flexibility index (Phi) is 3.60. The summed E-state index contributed by atoms with van der Waals surface area (Å²) in [5, 5.41) is 6.87. The number of fused-ring (bicyclic) bond motifs is 1. The Labute approximate surface area is 113 Å². The van der Waals surface area contributed by atoms with Crippen molar-refractivity contribution in [2.45, 2.75) is 37.8 Å². The lowest BCUT2D eigenvalue weighted by molar-refractivity contribution is 0.371. The van der Waals surface area contributed by atoms with E-state index in [0.29, 0.717) is 12.1 Å². The van der Waals surface area contributed by atoms with Crippen LogP contribution in [0.2, 0.25) is 0 Å². The molecule has 1 aromatic carbocycles. The van der Waals surface area contributed by atoms with Crippen LogP contribution in [-0.4, -0.2) is 29.1 Å². The van der Waals surface area contributed by atoms with E-state index in [1.165, 1.54) is 25.7 Å². The van der Waals surface area contributed by atoms with E-state index < -0.39 is 0 Å². The van der Waals surface area contributed by atoms with E-state index in [1.807, 2.05) is 37.5 Å². The van der Waals surface area contributed by atoms with Crippen LogP contribution in [0.1, 0.15) is 25.7 Å². The fourth-order valence-corrected chi connectivity index (χ4v) is 2.76. The Hall–Kier alpha value is -1.68. The zero-order chi connectivity index (χ0) is 13.1. The highest BCUT2D eigenvalue weighted by Crippen LogP contribution is 2.21. The molecule has 1 fully saturated rings. The number of nitrogens with one attached hydrogen (secondary N) is 2. The molecule has 19 heavy (non-hydrogen) atoms. The summed E-state index contributed by atoms with van der Waals surface area (Å²) in [5.41, 5.74) is 1.91. The van der Waals surface area contributed by atoms with E-state index in [4.69, 9.17) is 0 Å². The van der Waals surface area contributed by atoms with Gasteiger partial charge in [0.2, 0.25) is 0 Å². The molecule has 0 saturated heterocycles. The highest BCUT2D eigenvalue weighted by molar-refractivity contribution is 5.75. The second kappa shape index (κ2) is 5.53. The van der Waals surface area contributed by atoms with Gasteiger partial charge in [0.15, 0.2) is 0 Å². The minimum Gasteiger partial charge on any atom is -0.366 e. The molecule has 1 aliphatic rings. The van der Waals surface area contributed by atoms with Gasteiger partial charge >= 0.3 is 0 Å².